The van der Waals surface area contributed by atoms with Gasteiger partial charge in [0.25, 0.3) is 0 Å². The van der Waals surface area contributed by atoms with E-state index in [1.807, 2.05) is 18.2 Å². The highest BCUT2D eigenvalue weighted by Crippen LogP contribution is 2.20. The monoisotopic (exact) mass is 268 g/mol. The van der Waals surface area contributed by atoms with Crippen molar-refractivity contribution in [2.75, 3.05) is 0 Å². The van der Waals surface area contributed by atoms with Gasteiger partial charge in [0.15, 0.2) is 0 Å². The maximum absolute atomic E-state index is 11.1. The van der Waals surface area contributed by atoms with E-state index in [4.69, 9.17) is 5.11 Å². The average molecular weight is 268 g/mol. The minimum atomic E-state index is -0.784. The average Bonchev–Trinajstić information content (AvgIpc) is 2.41. The van der Waals surface area contributed by atoms with Crippen LogP contribution in [0.3, 0.4) is 0 Å². The summed E-state index contributed by atoms with van der Waals surface area (Å²) in [6, 6.07) is 14.3. The van der Waals surface area contributed by atoms with Crippen LogP contribution in [0, 0.1) is 13.8 Å². The van der Waals surface area contributed by atoms with Gasteiger partial charge >= 0.3 is 5.97 Å². The Hall–Kier alpha value is -2.09. The molecule has 104 valence electrons. The molecule has 0 aliphatic heterocycles. The highest BCUT2D eigenvalue weighted by molar-refractivity contribution is 5.75. The lowest BCUT2D eigenvalue weighted by Crippen LogP contribution is -2.07. The fourth-order valence-corrected chi connectivity index (χ4v) is 2.38. The second kappa shape index (κ2) is 5.91. The van der Waals surface area contributed by atoms with Crippen LogP contribution in [0.1, 0.15) is 40.7 Å². The number of carboxylic acid groups (broad SMARTS) is 1. The van der Waals surface area contributed by atoms with Crippen molar-refractivity contribution in [3.05, 3.63) is 70.3 Å². The smallest absolute Gasteiger partial charge is 0.310 e. The van der Waals surface area contributed by atoms with E-state index in [1.165, 1.54) is 16.7 Å². The molecule has 1 atom stereocenters. The first-order valence-corrected chi connectivity index (χ1v) is 6.85. The number of aliphatic carboxylic acids is 1. The number of hydrogen-bond acceptors (Lipinski definition) is 1. The summed E-state index contributed by atoms with van der Waals surface area (Å²) in [5.74, 6) is -1.25. The Balaban J connectivity index is 2.26. The Labute approximate surface area is 120 Å². The molecule has 0 saturated carbocycles. The zero-order valence-corrected chi connectivity index (χ0v) is 12.2. The number of benzene rings is 2. The Morgan fingerprint density at radius 3 is 2.55 bits per heavy atom. The molecule has 0 radical (unpaired) electrons. The topological polar surface area (TPSA) is 37.3 Å². The zero-order chi connectivity index (χ0) is 14.7. The van der Waals surface area contributed by atoms with Crippen LogP contribution in [-0.4, -0.2) is 11.1 Å². The minimum Gasteiger partial charge on any atom is -0.481 e. The van der Waals surface area contributed by atoms with Gasteiger partial charge in [0, 0.05) is 0 Å². The summed E-state index contributed by atoms with van der Waals surface area (Å²) in [6.45, 7) is 5.93. The molecule has 0 aliphatic carbocycles. The number of aryl methyl sites for hydroxylation is 2. The Bertz CT molecular complexity index is 629. The highest BCUT2D eigenvalue weighted by atomic mass is 16.4. The van der Waals surface area contributed by atoms with Crippen molar-refractivity contribution in [2.24, 2.45) is 0 Å². The van der Waals surface area contributed by atoms with Crippen molar-refractivity contribution in [2.45, 2.75) is 33.1 Å². The third-order valence-corrected chi connectivity index (χ3v) is 3.71. The van der Waals surface area contributed by atoms with Gasteiger partial charge in [-0.3, -0.25) is 4.79 Å². The minimum absolute atomic E-state index is 0.464. The van der Waals surface area contributed by atoms with E-state index in [0.29, 0.717) is 0 Å². The van der Waals surface area contributed by atoms with Crippen LogP contribution in [-0.2, 0) is 11.2 Å². The van der Waals surface area contributed by atoms with E-state index in [0.717, 1.165) is 17.5 Å². The SMILES string of the molecule is Cc1ccc(Cc2cccc(C(C)C(=O)O)c2)c(C)c1. The maximum Gasteiger partial charge on any atom is 0.310 e. The summed E-state index contributed by atoms with van der Waals surface area (Å²) < 4.78 is 0. The summed E-state index contributed by atoms with van der Waals surface area (Å²) in [7, 11) is 0. The van der Waals surface area contributed by atoms with Gasteiger partial charge in [-0.05, 0) is 49.4 Å². The van der Waals surface area contributed by atoms with Gasteiger partial charge in [0.1, 0.15) is 0 Å². The molecule has 2 aromatic rings. The largest absolute Gasteiger partial charge is 0.481 e. The van der Waals surface area contributed by atoms with Crippen molar-refractivity contribution in [1.82, 2.24) is 0 Å². The zero-order valence-electron chi connectivity index (χ0n) is 12.2. The van der Waals surface area contributed by atoms with Gasteiger partial charge in [-0.2, -0.15) is 0 Å². The number of rotatable bonds is 4. The molecule has 20 heavy (non-hydrogen) atoms. The second-order valence-corrected chi connectivity index (χ2v) is 5.41. The lowest BCUT2D eigenvalue weighted by Gasteiger charge is -2.11. The maximum atomic E-state index is 11.1. The van der Waals surface area contributed by atoms with E-state index in [9.17, 15) is 4.79 Å². The molecular formula is C18H20O2. The molecule has 1 unspecified atom stereocenters. The van der Waals surface area contributed by atoms with Crippen molar-refractivity contribution < 1.29 is 9.90 Å². The molecule has 0 heterocycles. The fraction of sp³-hybridized carbons (Fsp3) is 0.278. The molecule has 1 N–H and O–H groups in total. The third kappa shape index (κ3) is 3.27. The Morgan fingerprint density at radius 1 is 1.15 bits per heavy atom. The molecule has 2 nitrogen and oxygen atoms in total. The summed E-state index contributed by atoms with van der Waals surface area (Å²) in [4.78, 5) is 11.1. The number of carbonyl (C=O) groups is 1. The van der Waals surface area contributed by atoms with Crippen molar-refractivity contribution in [1.29, 1.82) is 0 Å². The predicted molar refractivity (Wildman–Crippen MR) is 81.2 cm³/mol. The summed E-state index contributed by atoms with van der Waals surface area (Å²) >= 11 is 0. The first-order valence-electron chi connectivity index (χ1n) is 6.85. The van der Waals surface area contributed by atoms with Gasteiger partial charge in [0.05, 0.1) is 5.92 Å². The summed E-state index contributed by atoms with van der Waals surface area (Å²) in [6.07, 6.45) is 0.840. The molecule has 2 aromatic carbocycles. The summed E-state index contributed by atoms with van der Waals surface area (Å²) in [5, 5.41) is 9.09. The van der Waals surface area contributed by atoms with Crippen molar-refractivity contribution in [3.8, 4) is 0 Å². The molecular weight excluding hydrogens is 248 g/mol. The molecule has 2 rings (SSSR count). The molecule has 0 fully saturated rings. The van der Waals surface area contributed by atoms with E-state index in [1.54, 1.807) is 6.92 Å². The Kier molecular flexibility index (Phi) is 4.23. The van der Waals surface area contributed by atoms with E-state index in [2.05, 4.69) is 38.1 Å². The fourth-order valence-electron chi connectivity index (χ4n) is 2.38. The van der Waals surface area contributed by atoms with E-state index in [-0.39, 0.29) is 0 Å². The molecule has 0 bridgehead atoms. The normalized spacial score (nSPS) is 12.2. The first-order chi connectivity index (χ1) is 9.47. The molecule has 2 heteroatoms. The summed E-state index contributed by atoms with van der Waals surface area (Å²) in [5.41, 5.74) is 5.85. The van der Waals surface area contributed by atoms with E-state index < -0.39 is 11.9 Å². The van der Waals surface area contributed by atoms with Crippen LogP contribution in [0.2, 0.25) is 0 Å². The second-order valence-electron chi connectivity index (χ2n) is 5.41. The highest BCUT2D eigenvalue weighted by Gasteiger charge is 2.13. The number of carboxylic acids is 1. The molecule has 0 saturated heterocycles. The predicted octanol–water partition coefficient (Wildman–Crippen LogP) is 4.08. The quantitative estimate of drug-likeness (QED) is 0.907. The van der Waals surface area contributed by atoms with Crippen LogP contribution < -0.4 is 0 Å². The molecule has 0 aliphatic rings. The van der Waals surface area contributed by atoms with Crippen molar-refractivity contribution in [3.63, 3.8) is 0 Å². The lowest BCUT2D eigenvalue weighted by molar-refractivity contribution is -0.138. The van der Waals surface area contributed by atoms with Gasteiger partial charge in [-0.1, -0.05) is 48.0 Å². The standard InChI is InChI=1S/C18H20O2/c1-12-7-8-16(13(2)9-12)10-15-5-4-6-17(11-15)14(3)18(19)20/h4-9,11,14H,10H2,1-3H3,(H,19,20). The van der Waals surface area contributed by atoms with Crippen LogP contribution >= 0.6 is 0 Å². The third-order valence-electron chi connectivity index (χ3n) is 3.71. The molecule has 0 aromatic heterocycles. The number of hydrogen-bond donors (Lipinski definition) is 1. The molecule has 0 spiro atoms. The van der Waals surface area contributed by atoms with Crippen LogP contribution in [0.4, 0.5) is 0 Å². The molecule has 0 amide bonds. The van der Waals surface area contributed by atoms with Crippen LogP contribution in [0.15, 0.2) is 42.5 Å². The lowest BCUT2D eigenvalue weighted by atomic mass is 9.94. The van der Waals surface area contributed by atoms with Crippen LogP contribution in [0.25, 0.3) is 0 Å². The van der Waals surface area contributed by atoms with Crippen molar-refractivity contribution >= 4 is 5.97 Å². The van der Waals surface area contributed by atoms with Crippen LogP contribution in [0.5, 0.6) is 0 Å². The van der Waals surface area contributed by atoms with Gasteiger partial charge in [-0.25, -0.2) is 0 Å². The van der Waals surface area contributed by atoms with Gasteiger partial charge in [-0.15, -0.1) is 0 Å². The van der Waals surface area contributed by atoms with Gasteiger partial charge in [0.2, 0.25) is 0 Å². The first kappa shape index (κ1) is 14.3. The Morgan fingerprint density at radius 2 is 1.90 bits per heavy atom. The van der Waals surface area contributed by atoms with E-state index >= 15 is 0 Å². The van der Waals surface area contributed by atoms with Gasteiger partial charge < -0.3 is 5.11 Å².